The molecular formula is C11H18ClNO. The molecule has 2 nitrogen and oxygen atoms in total. The molecule has 14 heavy (non-hydrogen) atoms. The number of rotatable bonds is 4. The monoisotopic (exact) mass is 215 g/mol. The third-order valence-electron chi connectivity index (χ3n) is 2.24. The lowest BCUT2D eigenvalue weighted by Crippen LogP contribution is -2.20. The third kappa shape index (κ3) is 4.09. The van der Waals surface area contributed by atoms with Crippen LogP contribution < -0.4 is 5.73 Å². The molecule has 1 aromatic rings. The highest BCUT2D eigenvalue weighted by molar-refractivity contribution is 5.85. The second-order valence-corrected chi connectivity index (χ2v) is 3.47. The molecular weight excluding hydrogens is 198 g/mol. The summed E-state index contributed by atoms with van der Waals surface area (Å²) in [5, 5.41) is 8.96. The first-order valence-electron chi connectivity index (χ1n) is 4.62. The molecule has 0 fully saturated rings. The minimum atomic E-state index is 0. The van der Waals surface area contributed by atoms with Crippen LogP contribution in [0.5, 0.6) is 0 Å². The average Bonchev–Trinajstić information content (AvgIpc) is 2.17. The highest BCUT2D eigenvalue weighted by Gasteiger charge is 2.05. The normalized spacial score (nSPS) is 11.9. The van der Waals surface area contributed by atoms with Crippen LogP contribution in [0.2, 0.25) is 0 Å². The van der Waals surface area contributed by atoms with Crippen molar-refractivity contribution >= 4 is 12.4 Å². The van der Waals surface area contributed by atoms with E-state index in [2.05, 4.69) is 31.2 Å². The van der Waals surface area contributed by atoms with E-state index in [1.165, 1.54) is 11.1 Å². The predicted octanol–water partition coefficient (Wildman–Crippen LogP) is 1.53. The molecule has 0 aliphatic heterocycles. The van der Waals surface area contributed by atoms with Crippen LogP contribution in [0, 0.1) is 12.8 Å². The summed E-state index contributed by atoms with van der Waals surface area (Å²) in [4.78, 5) is 0. The van der Waals surface area contributed by atoms with Gasteiger partial charge in [0.05, 0.1) is 0 Å². The van der Waals surface area contributed by atoms with Gasteiger partial charge in [0, 0.05) is 6.61 Å². The molecule has 0 amide bonds. The first-order valence-corrected chi connectivity index (χ1v) is 4.62. The Morgan fingerprint density at radius 3 is 2.29 bits per heavy atom. The van der Waals surface area contributed by atoms with Crippen LogP contribution in [-0.2, 0) is 6.42 Å². The van der Waals surface area contributed by atoms with Crippen LogP contribution in [0.3, 0.4) is 0 Å². The van der Waals surface area contributed by atoms with E-state index in [1.54, 1.807) is 0 Å². The quantitative estimate of drug-likeness (QED) is 0.800. The molecule has 0 heterocycles. The summed E-state index contributed by atoms with van der Waals surface area (Å²) in [7, 11) is 0. The zero-order valence-corrected chi connectivity index (χ0v) is 9.26. The van der Waals surface area contributed by atoms with Gasteiger partial charge in [0.1, 0.15) is 0 Å². The number of nitrogens with two attached hydrogens (primary N) is 1. The minimum Gasteiger partial charge on any atom is -0.396 e. The lowest BCUT2D eigenvalue weighted by molar-refractivity contribution is 0.230. The van der Waals surface area contributed by atoms with Crippen molar-refractivity contribution in [3.63, 3.8) is 0 Å². The molecule has 1 aromatic carbocycles. The predicted molar refractivity (Wildman–Crippen MR) is 61.8 cm³/mol. The Balaban J connectivity index is 0.00000169. The Labute approximate surface area is 91.5 Å². The van der Waals surface area contributed by atoms with Crippen molar-refractivity contribution in [2.45, 2.75) is 13.3 Å². The van der Waals surface area contributed by atoms with E-state index in [-0.39, 0.29) is 24.9 Å². The van der Waals surface area contributed by atoms with Gasteiger partial charge >= 0.3 is 0 Å². The summed E-state index contributed by atoms with van der Waals surface area (Å²) in [5.74, 6) is 0.197. The number of aliphatic hydroxyl groups is 1. The zero-order valence-electron chi connectivity index (χ0n) is 8.44. The molecule has 0 saturated heterocycles. The maximum absolute atomic E-state index is 8.96. The van der Waals surface area contributed by atoms with E-state index < -0.39 is 0 Å². The van der Waals surface area contributed by atoms with Crippen LogP contribution >= 0.6 is 12.4 Å². The molecule has 1 unspecified atom stereocenters. The van der Waals surface area contributed by atoms with Gasteiger partial charge < -0.3 is 10.8 Å². The fourth-order valence-corrected chi connectivity index (χ4v) is 1.28. The number of hydrogen-bond donors (Lipinski definition) is 2. The van der Waals surface area contributed by atoms with Crippen molar-refractivity contribution in [2.24, 2.45) is 11.7 Å². The lowest BCUT2D eigenvalue weighted by atomic mass is 9.99. The van der Waals surface area contributed by atoms with Crippen LogP contribution in [0.25, 0.3) is 0 Å². The Bertz CT molecular complexity index is 244. The number of hydrogen-bond acceptors (Lipinski definition) is 2. The van der Waals surface area contributed by atoms with Crippen molar-refractivity contribution in [1.82, 2.24) is 0 Å². The highest BCUT2D eigenvalue weighted by atomic mass is 35.5. The van der Waals surface area contributed by atoms with Crippen LogP contribution in [0.4, 0.5) is 0 Å². The van der Waals surface area contributed by atoms with Crippen molar-refractivity contribution < 1.29 is 5.11 Å². The summed E-state index contributed by atoms with van der Waals surface area (Å²) < 4.78 is 0. The first kappa shape index (κ1) is 13.4. The van der Waals surface area contributed by atoms with E-state index in [0.29, 0.717) is 6.54 Å². The smallest absolute Gasteiger partial charge is 0.0474 e. The Morgan fingerprint density at radius 1 is 1.29 bits per heavy atom. The fraction of sp³-hybridized carbons (Fsp3) is 0.455. The van der Waals surface area contributed by atoms with E-state index in [1.807, 2.05) is 0 Å². The molecule has 80 valence electrons. The molecule has 0 aromatic heterocycles. The van der Waals surface area contributed by atoms with E-state index in [4.69, 9.17) is 10.8 Å². The second-order valence-electron chi connectivity index (χ2n) is 3.47. The van der Waals surface area contributed by atoms with E-state index in [0.717, 1.165) is 6.42 Å². The first-order chi connectivity index (χ1) is 6.26. The van der Waals surface area contributed by atoms with Crippen molar-refractivity contribution in [3.8, 4) is 0 Å². The lowest BCUT2D eigenvalue weighted by Gasteiger charge is -2.10. The summed E-state index contributed by atoms with van der Waals surface area (Å²) >= 11 is 0. The zero-order chi connectivity index (χ0) is 9.68. The summed E-state index contributed by atoms with van der Waals surface area (Å²) in [6, 6.07) is 8.35. The highest BCUT2D eigenvalue weighted by Crippen LogP contribution is 2.08. The topological polar surface area (TPSA) is 46.2 Å². The number of aliphatic hydroxyl groups excluding tert-OH is 1. The van der Waals surface area contributed by atoms with Gasteiger partial charge in [-0.15, -0.1) is 12.4 Å². The molecule has 3 N–H and O–H groups in total. The molecule has 0 spiro atoms. The molecule has 0 bridgehead atoms. The van der Waals surface area contributed by atoms with Crippen LogP contribution in [0.1, 0.15) is 11.1 Å². The molecule has 1 rings (SSSR count). The van der Waals surface area contributed by atoms with Gasteiger partial charge in [0.15, 0.2) is 0 Å². The Morgan fingerprint density at radius 2 is 1.86 bits per heavy atom. The minimum absolute atomic E-state index is 0. The number of benzene rings is 1. The van der Waals surface area contributed by atoms with Gasteiger partial charge in [-0.3, -0.25) is 0 Å². The maximum Gasteiger partial charge on any atom is 0.0474 e. The van der Waals surface area contributed by atoms with E-state index in [9.17, 15) is 0 Å². The van der Waals surface area contributed by atoms with E-state index >= 15 is 0 Å². The van der Waals surface area contributed by atoms with Gasteiger partial charge in [-0.25, -0.2) is 0 Å². The van der Waals surface area contributed by atoms with Gasteiger partial charge in [0.25, 0.3) is 0 Å². The van der Waals surface area contributed by atoms with Gasteiger partial charge in [-0.1, -0.05) is 29.8 Å². The second kappa shape index (κ2) is 6.82. The average molecular weight is 216 g/mol. The maximum atomic E-state index is 8.96. The molecule has 3 heteroatoms. The Hall–Kier alpha value is -0.570. The third-order valence-corrected chi connectivity index (χ3v) is 2.24. The van der Waals surface area contributed by atoms with Crippen molar-refractivity contribution in [1.29, 1.82) is 0 Å². The fourth-order valence-electron chi connectivity index (χ4n) is 1.28. The molecule has 1 atom stereocenters. The van der Waals surface area contributed by atoms with Crippen LogP contribution in [-0.4, -0.2) is 18.3 Å². The number of aryl methyl sites for hydroxylation is 1. The summed E-state index contributed by atoms with van der Waals surface area (Å²) in [5.41, 5.74) is 8.01. The largest absolute Gasteiger partial charge is 0.396 e. The molecule has 0 saturated carbocycles. The summed E-state index contributed by atoms with van der Waals surface area (Å²) in [6.07, 6.45) is 0.868. The molecule has 0 radical (unpaired) electrons. The van der Waals surface area contributed by atoms with Gasteiger partial charge in [0.2, 0.25) is 0 Å². The molecule has 0 aliphatic carbocycles. The van der Waals surface area contributed by atoms with Crippen molar-refractivity contribution in [3.05, 3.63) is 35.4 Å². The molecule has 0 aliphatic rings. The summed E-state index contributed by atoms with van der Waals surface area (Å²) in [6.45, 7) is 2.78. The standard InChI is InChI=1S/C11H17NO.ClH/c1-9-2-4-10(5-3-9)6-11(7-12)8-13;/h2-5,11,13H,6-8,12H2,1H3;1H. The van der Waals surface area contributed by atoms with Crippen LogP contribution in [0.15, 0.2) is 24.3 Å². The van der Waals surface area contributed by atoms with Crippen molar-refractivity contribution in [2.75, 3.05) is 13.2 Å². The number of halogens is 1. The van der Waals surface area contributed by atoms with Gasteiger partial charge in [-0.2, -0.15) is 0 Å². The Kier molecular flexibility index (Phi) is 6.54. The SMILES string of the molecule is Cc1ccc(CC(CN)CO)cc1.Cl. The van der Waals surface area contributed by atoms with Gasteiger partial charge in [-0.05, 0) is 31.4 Å².